The maximum atomic E-state index is 14.5. The zero-order valence-electron chi connectivity index (χ0n) is 26.7. The molecule has 0 bridgehead atoms. The highest BCUT2D eigenvalue weighted by Crippen LogP contribution is 2.40. The Bertz CT molecular complexity index is 1430. The number of hydrogen-bond donors (Lipinski definition) is 1. The van der Waals surface area contributed by atoms with Crippen molar-refractivity contribution in [2.75, 3.05) is 0 Å². The second-order valence-corrected chi connectivity index (χ2v) is 11.5. The first-order valence-corrected chi connectivity index (χ1v) is 14.9. The van der Waals surface area contributed by atoms with E-state index >= 15 is 0 Å². The van der Waals surface area contributed by atoms with E-state index in [4.69, 9.17) is 4.98 Å². The number of Topliss-reactive ketones (excluding diaryl/α,β-unsaturated/α-hetero) is 1. The molecule has 0 saturated heterocycles. The van der Waals surface area contributed by atoms with Crippen LogP contribution in [-0.4, -0.2) is 15.3 Å². The lowest BCUT2D eigenvalue weighted by atomic mass is 9.66. The van der Waals surface area contributed by atoms with Crippen molar-refractivity contribution in [3.63, 3.8) is 0 Å². The van der Waals surface area contributed by atoms with Crippen LogP contribution in [0.15, 0.2) is 67.4 Å². The number of aromatic nitrogens is 2. The van der Waals surface area contributed by atoms with Crippen molar-refractivity contribution in [3.05, 3.63) is 94.8 Å². The third kappa shape index (κ3) is 7.63. The van der Waals surface area contributed by atoms with E-state index in [0.29, 0.717) is 11.5 Å². The van der Waals surface area contributed by atoms with Gasteiger partial charge in [-0.3, -0.25) is 4.79 Å². The van der Waals surface area contributed by atoms with E-state index in [9.17, 15) is 9.18 Å². The van der Waals surface area contributed by atoms with Gasteiger partial charge in [0.1, 0.15) is 11.6 Å². The molecule has 5 heteroatoms. The van der Waals surface area contributed by atoms with E-state index in [1.807, 2.05) is 40.1 Å². The van der Waals surface area contributed by atoms with Crippen molar-refractivity contribution >= 4 is 23.1 Å². The number of hydrogen-bond acceptors (Lipinski definition) is 3. The number of halogens is 1. The molecule has 222 valence electrons. The highest BCUT2D eigenvalue weighted by atomic mass is 19.1. The van der Waals surface area contributed by atoms with Crippen molar-refractivity contribution in [1.82, 2.24) is 14.9 Å². The predicted octanol–water partition coefficient (Wildman–Crippen LogP) is 7.99. The molecule has 1 heterocycles. The minimum Gasteiger partial charge on any atom is -0.355 e. The molecule has 41 heavy (non-hydrogen) atoms. The van der Waals surface area contributed by atoms with Crippen LogP contribution in [0.25, 0.3) is 17.3 Å². The summed E-state index contributed by atoms with van der Waals surface area (Å²) in [6.45, 7) is 26.3. The van der Waals surface area contributed by atoms with E-state index in [1.54, 1.807) is 12.2 Å². The SMILES string of the molecule is C=C/C(F)=C(\C=C/C)N/C(C)=c1/c(=C\C(=C)c2ccc(C(CCC)(CCC)C(=O)C(C)C)c(C)c2)ncn1C(C)C. The molecule has 1 aromatic carbocycles. The fourth-order valence-electron chi connectivity index (χ4n) is 5.81. The standard InChI is InChI=1S/C36H50FN3O/c1-12-16-32(31(37)15-4)39-28(11)34-33(38-23-40(34)25(7)8)22-26(9)29-17-18-30(27(10)21-29)36(19-13-2,20-14-3)35(41)24(5)6/h12,15-18,21-25,39H,4,9,13-14,19-20H2,1-3,5-8,10-11H3/b16-12-,32-31-,33-22+,34-28-. The fourth-order valence-corrected chi connectivity index (χ4v) is 5.81. The Morgan fingerprint density at radius 1 is 1.17 bits per heavy atom. The van der Waals surface area contributed by atoms with Gasteiger partial charge < -0.3 is 9.88 Å². The maximum Gasteiger partial charge on any atom is 0.146 e. The van der Waals surface area contributed by atoms with Crippen LogP contribution in [0.3, 0.4) is 0 Å². The van der Waals surface area contributed by atoms with Gasteiger partial charge in [0.05, 0.1) is 28.1 Å². The topological polar surface area (TPSA) is 46.9 Å². The number of allylic oxidation sites excluding steroid dienone is 5. The normalized spacial score (nSPS) is 14.1. The number of benzene rings is 1. The molecule has 0 saturated carbocycles. The van der Waals surface area contributed by atoms with E-state index in [2.05, 4.69) is 75.9 Å². The van der Waals surface area contributed by atoms with Gasteiger partial charge >= 0.3 is 0 Å². The molecule has 0 aliphatic rings. The van der Waals surface area contributed by atoms with Gasteiger partial charge in [0, 0.05) is 17.7 Å². The van der Waals surface area contributed by atoms with Gasteiger partial charge in [-0.15, -0.1) is 0 Å². The van der Waals surface area contributed by atoms with Crippen molar-refractivity contribution < 1.29 is 9.18 Å². The molecular formula is C36H50FN3O. The number of aryl methyl sites for hydroxylation is 1. The molecule has 0 radical (unpaired) electrons. The predicted molar refractivity (Wildman–Crippen MR) is 173 cm³/mol. The zero-order valence-corrected chi connectivity index (χ0v) is 26.7. The summed E-state index contributed by atoms with van der Waals surface area (Å²) in [6.07, 6.45) is 12.0. The third-order valence-corrected chi connectivity index (χ3v) is 7.60. The van der Waals surface area contributed by atoms with E-state index in [-0.39, 0.29) is 12.0 Å². The number of imidazole rings is 1. The van der Waals surface area contributed by atoms with Crippen LogP contribution in [0.4, 0.5) is 4.39 Å². The van der Waals surface area contributed by atoms with Crippen LogP contribution in [0.2, 0.25) is 0 Å². The Labute approximate surface area is 247 Å². The lowest BCUT2D eigenvalue weighted by molar-refractivity contribution is -0.128. The summed E-state index contributed by atoms with van der Waals surface area (Å²) < 4.78 is 16.6. The van der Waals surface area contributed by atoms with Crippen LogP contribution in [-0.2, 0) is 10.2 Å². The fraction of sp³-hybridized carbons (Fsp3) is 0.444. The highest BCUT2D eigenvalue weighted by Gasteiger charge is 2.40. The van der Waals surface area contributed by atoms with Gasteiger partial charge in [-0.05, 0) is 88.0 Å². The van der Waals surface area contributed by atoms with Gasteiger partial charge in [-0.1, -0.05) is 78.0 Å². The van der Waals surface area contributed by atoms with Crippen molar-refractivity contribution in [3.8, 4) is 0 Å². The largest absolute Gasteiger partial charge is 0.355 e. The van der Waals surface area contributed by atoms with Crippen molar-refractivity contribution in [1.29, 1.82) is 0 Å². The number of carbonyl (C=O) groups is 1. The minimum absolute atomic E-state index is 0.0267. The molecule has 0 atom stereocenters. The lowest BCUT2D eigenvalue weighted by Crippen LogP contribution is -2.39. The highest BCUT2D eigenvalue weighted by molar-refractivity contribution is 5.92. The molecule has 0 amide bonds. The summed E-state index contributed by atoms with van der Waals surface area (Å²) in [5, 5.41) is 4.82. The van der Waals surface area contributed by atoms with Crippen LogP contribution in [0.1, 0.15) is 104 Å². The van der Waals surface area contributed by atoms with Crippen molar-refractivity contribution in [2.24, 2.45) is 5.92 Å². The van der Waals surface area contributed by atoms with E-state index in [0.717, 1.165) is 64.3 Å². The average molecular weight is 560 g/mol. The van der Waals surface area contributed by atoms with Gasteiger partial charge in [-0.2, -0.15) is 0 Å². The number of rotatable bonds is 14. The first-order valence-electron chi connectivity index (χ1n) is 14.9. The first kappa shape index (κ1) is 33.7. The maximum absolute atomic E-state index is 14.5. The Balaban J connectivity index is 2.70. The Morgan fingerprint density at radius 2 is 1.80 bits per heavy atom. The summed E-state index contributed by atoms with van der Waals surface area (Å²) in [6, 6.07) is 6.50. The van der Waals surface area contributed by atoms with Crippen LogP contribution >= 0.6 is 0 Å². The molecule has 0 aliphatic carbocycles. The molecule has 0 spiro atoms. The van der Waals surface area contributed by atoms with Gasteiger partial charge in [0.15, 0.2) is 0 Å². The molecule has 0 aliphatic heterocycles. The molecule has 1 N–H and O–H groups in total. The summed E-state index contributed by atoms with van der Waals surface area (Å²) in [5.74, 6) is -0.132. The van der Waals surface area contributed by atoms with Gasteiger partial charge in [0.25, 0.3) is 0 Å². The van der Waals surface area contributed by atoms with Crippen LogP contribution in [0, 0.1) is 12.8 Å². The van der Waals surface area contributed by atoms with Gasteiger partial charge in [0.2, 0.25) is 0 Å². The molecular weight excluding hydrogens is 509 g/mol. The molecule has 2 rings (SSSR count). The van der Waals surface area contributed by atoms with E-state index in [1.165, 1.54) is 6.08 Å². The summed E-state index contributed by atoms with van der Waals surface area (Å²) in [7, 11) is 0. The molecule has 0 fully saturated rings. The van der Waals surface area contributed by atoms with Crippen LogP contribution in [0.5, 0.6) is 0 Å². The Kier molecular flexibility index (Phi) is 12.3. The smallest absolute Gasteiger partial charge is 0.146 e. The quantitative estimate of drug-likeness (QED) is 0.239. The summed E-state index contributed by atoms with van der Waals surface area (Å²) >= 11 is 0. The molecule has 2 aromatic rings. The monoisotopic (exact) mass is 559 g/mol. The molecule has 4 nitrogen and oxygen atoms in total. The molecule has 0 unspecified atom stereocenters. The third-order valence-electron chi connectivity index (χ3n) is 7.60. The number of ketones is 1. The summed E-state index contributed by atoms with van der Waals surface area (Å²) in [4.78, 5) is 18.3. The average Bonchev–Trinajstić information content (AvgIpc) is 3.35. The Hall–Kier alpha value is -3.47. The lowest BCUT2D eigenvalue weighted by Gasteiger charge is -2.36. The second kappa shape index (κ2) is 15.0. The molecule has 1 aromatic heterocycles. The minimum atomic E-state index is -0.467. The summed E-state index contributed by atoms with van der Waals surface area (Å²) in [5.41, 5.74) is 4.66. The number of nitrogens with one attached hydrogen (secondary N) is 1. The Morgan fingerprint density at radius 3 is 2.29 bits per heavy atom. The van der Waals surface area contributed by atoms with Crippen molar-refractivity contribution in [2.45, 2.75) is 99.5 Å². The number of nitrogens with zero attached hydrogens (tertiary/aromatic N) is 2. The first-order chi connectivity index (χ1) is 19.4. The number of carbonyl (C=O) groups excluding carboxylic acids is 1. The second-order valence-electron chi connectivity index (χ2n) is 11.5. The zero-order chi connectivity index (χ0) is 30.9. The van der Waals surface area contributed by atoms with E-state index < -0.39 is 11.2 Å². The van der Waals surface area contributed by atoms with Gasteiger partial charge in [-0.25, -0.2) is 9.37 Å². The van der Waals surface area contributed by atoms with Crippen LogP contribution < -0.4 is 16.0 Å².